The highest BCUT2D eigenvalue weighted by Crippen LogP contribution is 2.37. The third kappa shape index (κ3) is 3.33. The van der Waals surface area contributed by atoms with Crippen molar-refractivity contribution in [1.82, 2.24) is 4.57 Å². The quantitative estimate of drug-likeness (QED) is 0.896. The van der Waals surface area contributed by atoms with E-state index in [-0.39, 0.29) is 5.69 Å². The van der Waals surface area contributed by atoms with Gasteiger partial charge in [0.1, 0.15) is 17.5 Å². The lowest BCUT2D eigenvalue weighted by Crippen LogP contribution is -2.30. The Morgan fingerprint density at radius 1 is 1.53 bits per heavy atom. The van der Waals surface area contributed by atoms with E-state index in [1.54, 1.807) is 26.8 Å². The first kappa shape index (κ1) is 13.6. The van der Waals surface area contributed by atoms with Crippen molar-refractivity contribution in [2.24, 2.45) is 0 Å². The number of hydrogen-bond acceptors (Lipinski definition) is 3. The largest absolute Gasteiger partial charge is 0.444 e. The molecule has 6 heteroatoms. The Hall–Kier alpha value is -1.85. The van der Waals surface area contributed by atoms with Crippen molar-refractivity contribution in [1.29, 1.82) is 0 Å². The van der Waals surface area contributed by atoms with Crippen LogP contribution in [0.3, 0.4) is 0 Å². The minimum Gasteiger partial charge on any atom is -0.444 e. The van der Waals surface area contributed by atoms with E-state index in [1.165, 1.54) is 16.8 Å². The Morgan fingerprint density at radius 2 is 2.16 bits per heavy atom. The van der Waals surface area contributed by atoms with Gasteiger partial charge in [0.2, 0.25) is 0 Å². The molecule has 2 rings (SSSR count). The van der Waals surface area contributed by atoms with Gasteiger partial charge in [-0.2, -0.15) is 0 Å². The first-order chi connectivity index (χ1) is 8.78. The summed E-state index contributed by atoms with van der Waals surface area (Å²) in [6.07, 6.45) is 0.187. The Labute approximate surface area is 110 Å². The summed E-state index contributed by atoms with van der Waals surface area (Å²) in [7, 11) is 0. The van der Waals surface area contributed by atoms with Crippen molar-refractivity contribution in [3.63, 3.8) is 0 Å². The highest BCUT2D eigenvalue weighted by molar-refractivity contribution is 5.84. The fourth-order valence-electron chi connectivity index (χ4n) is 1.72. The fraction of sp³-hybridized carbons (Fsp3) is 0.538. The monoisotopic (exact) mass is 268 g/mol. The molecule has 1 aliphatic carbocycles. The molecule has 1 N–H and O–H groups in total. The minimum atomic E-state index is -0.977. The van der Waals surface area contributed by atoms with Crippen LogP contribution >= 0.6 is 0 Å². The average Bonchev–Trinajstić information content (AvgIpc) is 2.96. The number of nitrogens with one attached hydrogen (secondary N) is 1. The maximum Gasteiger partial charge on any atom is 0.412 e. The number of alkyl halides is 1. The summed E-state index contributed by atoms with van der Waals surface area (Å²) in [5.74, 6) is 0. The topological polar surface area (TPSA) is 60.3 Å². The van der Waals surface area contributed by atoms with E-state index in [9.17, 15) is 14.0 Å². The Kier molecular flexibility index (Phi) is 3.34. The van der Waals surface area contributed by atoms with Crippen LogP contribution in [0, 0.1) is 0 Å². The molecule has 104 valence electrons. The summed E-state index contributed by atoms with van der Waals surface area (Å²) in [6.45, 7) is 5.19. The van der Waals surface area contributed by atoms with Crippen molar-refractivity contribution in [2.45, 2.75) is 45.0 Å². The van der Waals surface area contributed by atoms with Crippen molar-refractivity contribution < 1.29 is 13.9 Å². The van der Waals surface area contributed by atoms with Crippen LogP contribution in [0.4, 0.5) is 14.9 Å². The third-order valence-corrected chi connectivity index (χ3v) is 2.65. The molecule has 1 heterocycles. The van der Waals surface area contributed by atoms with E-state index < -0.39 is 29.5 Å². The van der Waals surface area contributed by atoms with Gasteiger partial charge in [0.25, 0.3) is 5.56 Å². The Bertz CT molecular complexity index is 548. The van der Waals surface area contributed by atoms with Crippen molar-refractivity contribution >= 4 is 11.8 Å². The molecule has 19 heavy (non-hydrogen) atoms. The van der Waals surface area contributed by atoms with Gasteiger partial charge < -0.3 is 9.30 Å². The fourth-order valence-corrected chi connectivity index (χ4v) is 1.72. The third-order valence-electron chi connectivity index (χ3n) is 2.65. The first-order valence-corrected chi connectivity index (χ1v) is 6.13. The molecule has 1 aromatic rings. The maximum absolute atomic E-state index is 13.0. The molecule has 1 fully saturated rings. The molecule has 0 aliphatic heterocycles. The lowest BCUT2D eigenvalue weighted by molar-refractivity contribution is 0.0635. The lowest BCUT2D eigenvalue weighted by atomic mass is 10.2. The molecule has 1 amide bonds. The molecule has 0 bridgehead atoms. The summed E-state index contributed by atoms with van der Waals surface area (Å²) < 4.78 is 19.4. The number of carbonyl (C=O) groups is 1. The number of carbonyl (C=O) groups excluding carboxylic acids is 1. The van der Waals surface area contributed by atoms with E-state index in [0.29, 0.717) is 6.42 Å². The molecule has 0 radical (unpaired) electrons. The zero-order valence-corrected chi connectivity index (χ0v) is 11.1. The number of halogens is 1. The predicted octanol–water partition coefficient (Wildman–Crippen LogP) is 2.48. The van der Waals surface area contributed by atoms with Gasteiger partial charge in [0.15, 0.2) is 0 Å². The molecular weight excluding hydrogens is 251 g/mol. The number of amides is 1. The van der Waals surface area contributed by atoms with Crippen LogP contribution in [0.1, 0.15) is 33.2 Å². The van der Waals surface area contributed by atoms with Crippen LogP contribution in [0.25, 0.3) is 0 Å². The van der Waals surface area contributed by atoms with E-state index in [2.05, 4.69) is 5.32 Å². The van der Waals surface area contributed by atoms with E-state index in [4.69, 9.17) is 4.74 Å². The van der Waals surface area contributed by atoms with Gasteiger partial charge in [-0.3, -0.25) is 10.1 Å². The summed E-state index contributed by atoms with van der Waals surface area (Å²) in [4.78, 5) is 23.6. The highest BCUT2D eigenvalue weighted by atomic mass is 19.1. The second-order valence-corrected chi connectivity index (χ2v) is 5.58. The molecule has 0 saturated heterocycles. The van der Waals surface area contributed by atoms with Crippen LogP contribution in [0.2, 0.25) is 0 Å². The second-order valence-electron chi connectivity index (χ2n) is 5.58. The number of aromatic nitrogens is 1. The van der Waals surface area contributed by atoms with Crippen molar-refractivity contribution in [3.05, 3.63) is 28.7 Å². The average molecular weight is 268 g/mol. The predicted molar refractivity (Wildman–Crippen MR) is 69.1 cm³/mol. The van der Waals surface area contributed by atoms with Crippen LogP contribution in [0.5, 0.6) is 0 Å². The molecule has 0 unspecified atom stereocenters. The van der Waals surface area contributed by atoms with Gasteiger partial charge in [-0.15, -0.1) is 0 Å². The zero-order chi connectivity index (χ0) is 14.2. The van der Waals surface area contributed by atoms with Gasteiger partial charge in [-0.25, -0.2) is 9.18 Å². The highest BCUT2D eigenvalue weighted by Gasteiger charge is 2.39. The molecule has 0 spiro atoms. The van der Waals surface area contributed by atoms with E-state index in [0.717, 1.165) is 0 Å². The number of rotatable bonds is 2. The second kappa shape index (κ2) is 4.68. The van der Waals surface area contributed by atoms with Crippen molar-refractivity contribution in [3.8, 4) is 0 Å². The van der Waals surface area contributed by atoms with Gasteiger partial charge in [-0.1, -0.05) is 0 Å². The SMILES string of the molecule is CC(C)(C)OC(=O)Nc1cccn([C@H]2C[C@H]2F)c1=O. The lowest BCUT2D eigenvalue weighted by Gasteiger charge is -2.19. The van der Waals surface area contributed by atoms with Crippen LogP contribution in [0.15, 0.2) is 23.1 Å². The van der Waals surface area contributed by atoms with Gasteiger partial charge in [0.05, 0.1) is 6.04 Å². The van der Waals surface area contributed by atoms with Gasteiger partial charge >= 0.3 is 6.09 Å². The van der Waals surface area contributed by atoms with Crippen molar-refractivity contribution in [2.75, 3.05) is 5.32 Å². The van der Waals surface area contributed by atoms with Gasteiger partial charge in [0, 0.05) is 12.6 Å². The van der Waals surface area contributed by atoms with Crippen LogP contribution in [-0.2, 0) is 4.74 Å². The zero-order valence-electron chi connectivity index (χ0n) is 11.1. The number of hydrogen-bond donors (Lipinski definition) is 1. The number of pyridine rings is 1. The molecule has 5 nitrogen and oxygen atoms in total. The summed E-state index contributed by atoms with van der Waals surface area (Å²) >= 11 is 0. The molecular formula is C13H17FN2O3. The standard InChI is InChI=1S/C13H17FN2O3/c1-13(2,3)19-12(18)15-9-5-4-6-16(11(9)17)10-7-8(10)14/h4-6,8,10H,7H2,1-3H3,(H,15,18)/t8-,10+/m1/s1. The van der Waals surface area contributed by atoms with E-state index >= 15 is 0 Å². The molecule has 1 aliphatic rings. The minimum absolute atomic E-state index is 0.0934. The molecule has 1 aromatic heterocycles. The number of ether oxygens (including phenoxy) is 1. The molecule has 0 aromatic carbocycles. The smallest absolute Gasteiger partial charge is 0.412 e. The first-order valence-electron chi connectivity index (χ1n) is 6.13. The summed E-state index contributed by atoms with van der Waals surface area (Å²) in [5, 5.41) is 2.39. The van der Waals surface area contributed by atoms with Crippen LogP contribution in [-0.4, -0.2) is 22.4 Å². The summed E-state index contributed by atoms with van der Waals surface area (Å²) in [6, 6.07) is 2.66. The Balaban J connectivity index is 2.13. The molecule has 1 saturated carbocycles. The molecule has 2 atom stereocenters. The van der Waals surface area contributed by atoms with Crippen LogP contribution < -0.4 is 10.9 Å². The number of nitrogens with zero attached hydrogens (tertiary/aromatic N) is 1. The summed E-state index contributed by atoms with van der Waals surface area (Å²) in [5.41, 5.74) is -0.965. The van der Waals surface area contributed by atoms with E-state index in [1.807, 2.05) is 0 Å². The maximum atomic E-state index is 13.0. The Morgan fingerprint density at radius 3 is 2.68 bits per heavy atom. The number of anilines is 1. The van der Waals surface area contributed by atoms with Gasteiger partial charge in [-0.05, 0) is 32.9 Å². The normalized spacial score (nSPS) is 21.9.